The summed E-state index contributed by atoms with van der Waals surface area (Å²) in [5, 5.41) is 9.50. The van der Waals surface area contributed by atoms with E-state index in [2.05, 4.69) is 18.1 Å². The summed E-state index contributed by atoms with van der Waals surface area (Å²) in [6.07, 6.45) is 6.23. The zero-order valence-corrected chi connectivity index (χ0v) is 23.0. The highest BCUT2D eigenvalue weighted by Crippen LogP contribution is 2.19. The van der Waals surface area contributed by atoms with E-state index in [-0.39, 0.29) is 17.7 Å². The molecule has 0 fully saturated rings. The standard InChI is InChI=1S/C22H18N2O4.4C2H6/c1-3-6-17(4-2)24-14-23-20-12-18(9-10-19(20)21(24)25)28-13-15-7-5-8-16(11-15)22(26)27;4*1-2/h3-12,14H,1-2,13H2,(H,26,27);4*1-2H3/b17-6+;;;;. The number of ether oxygens (including phenoxy) is 1. The Morgan fingerprint density at radius 3 is 2.19 bits per heavy atom. The van der Waals surface area contributed by atoms with Gasteiger partial charge in [0.1, 0.15) is 18.7 Å². The quantitative estimate of drug-likeness (QED) is 0.337. The van der Waals surface area contributed by atoms with Crippen molar-refractivity contribution in [3.63, 3.8) is 0 Å². The Morgan fingerprint density at radius 1 is 1.00 bits per heavy atom. The number of nitrogens with zero attached hydrogens (tertiary/aromatic N) is 2. The molecule has 0 aliphatic heterocycles. The molecule has 0 radical (unpaired) electrons. The second kappa shape index (κ2) is 20.4. The highest BCUT2D eigenvalue weighted by atomic mass is 16.5. The highest BCUT2D eigenvalue weighted by molar-refractivity contribution is 5.87. The monoisotopic (exact) mass is 494 g/mol. The number of benzene rings is 2. The summed E-state index contributed by atoms with van der Waals surface area (Å²) in [5.74, 6) is -0.458. The van der Waals surface area contributed by atoms with Gasteiger partial charge < -0.3 is 9.84 Å². The minimum Gasteiger partial charge on any atom is -0.489 e. The first-order valence-electron chi connectivity index (χ1n) is 12.5. The molecule has 0 amide bonds. The van der Waals surface area contributed by atoms with Crippen molar-refractivity contribution >= 4 is 22.6 Å². The van der Waals surface area contributed by atoms with Gasteiger partial charge in [-0.2, -0.15) is 0 Å². The van der Waals surface area contributed by atoms with Gasteiger partial charge in [0, 0.05) is 11.8 Å². The number of hydrogen-bond acceptors (Lipinski definition) is 4. The maximum atomic E-state index is 12.7. The van der Waals surface area contributed by atoms with Crippen molar-refractivity contribution in [2.45, 2.75) is 62.0 Å². The van der Waals surface area contributed by atoms with Crippen molar-refractivity contribution < 1.29 is 14.6 Å². The van der Waals surface area contributed by atoms with Crippen LogP contribution in [0, 0.1) is 0 Å². The average molecular weight is 495 g/mol. The number of carboxylic acids is 1. The average Bonchev–Trinajstić information content (AvgIpc) is 2.95. The molecule has 1 heterocycles. The third-order valence-electron chi connectivity index (χ3n) is 4.09. The van der Waals surface area contributed by atoms with E-state index >= 15 is 0 Å². The number of carbonyl (C=O) groups is 1. The Labute approximate surface area is 216 Å². The molecule has 36 heavy (non-hydrogen) atoms. The molecule has 0 saturated heterocycles. The molecule has 2 aromatic carbocycles. The van der Waals surface area contributed by atoms with Crippen molar-refractivity contribution in [2.75, 3.05) is 0 Å². The first kappa shape index (κ1) is 34.2. The molecular weight excluding hydrogens is 452 g/mol. The van der Waals surface area contributed by atoms with Gasteiger partial charge in [-0.15, -0.1) is 0 Å². The number of allylic oxidation sites excluding steroid dienone is 4. The summed E-state index contributed by atoms with van der Waals surface area (Å²) in [6, 6.07) is 11.5. The molecule has 0 spiro atoms. The third kappa shape index (κ3) is 10.1. The van der Waals surface area contributed by atoms with Crippen LogP contribution in [0.1, 0.15) is 71.3 Å². The minimum atomic E-state index is -0.988. The van der Waals surface area contributed by atoms with E-state index in [0.717, 1.165) is 5.56 Å². The number of aromatic nitrogens is 2. The Kier molecular flexibility index (Phi) is 19.4. The van der Waals surface area contributed by atoms with Crippen LogP contribution in [-0.2, 0) is 6.61 Å². The van der Waals surface area contributed by atoms with Crippen LogP contribution in [0.25, 0.3) is 16.6 Å². The van der Waals surface area contributed by atoms with E-state index in [1.807, 2.05) is 55.4 Å². The van der Waals surface area contributed by atoms with E-state index < -0.39 is 5.97 Å². The number of carboxylic acid groups (broad SMARTS) is 1. The molecule has 0 unspecified atom stereocenters. The lowest BCUT2D eigenvalue weighted by Crippen LogP contribution is -2.19. The lowest BCUT2D eigenvalue weighted by atomic mass is 10.1. The van der Waals surface area contributed by atoms with Crippen molar-refractivity contribution in [3.8, 4) is 5.75 Å². The van der Waals surface area contributed by atoms with Gasteiger partial charge >= 0.3 is 5.97 Å². The van der Waals surface area contributed by atoms with Crippen LogP contribution in [0.2, 0.25) is 0 Å². The zero-order chi connectivity index (χ0) is 28.1. The van der Waals surface area contributed by atoms with E-state index in [4.69, 9.17) is 9.84 Å². The van der Waals surface area contributed by atoms with Crippen molar-refractivity contribution in [2.24, 2.45) is 0 Å². The van der Waals surface area contributed by atoms with E-state index in [0.29, 0.717) is 22.3 Å². The number of aromatic carboxylic acids is 1. The first-order valence-corrected chi connectivity index (χ1v) is 12.5. The van der Waals surface area contributed by atoms with Crippen LogP contribution in [0.15, 0.2) is 85.0 Å². The van der Waals surface area contributed by atoms with Gasteiger partial charge in [0.05, 0.1) is 16.5 Å². The second-order valence-corrected chi connectivity index (χ2v) is 5.92. The van der Waals surface area contributed by atoms with E-state index in [1.165, 1.54) is 17.0 Å². The van der Waals surface area contributed by atoms with Gasteiger partial charge in [0.25, 0.3) is 5.56 Å². The molecule has 0 aliphatic carbocycles. The molecule has 3 aromatic rings. The van der Waals surface area contributed by atoms with Gasteiger partial charge in [0.15, 0.2) is 0 Å². The van der Waals surface area contributed by atoms with E-state index in [1.54, 1.807) is 54.6 Å². The molecular formula is C30H42N2O4. The largest absolute Gasteiger partial charge is 0.489 e. The zero-order valence-electron chi connectivity index (χ0n) is 23.0. The fourth-order valence-corrected chi connectivity index (χ4v) is 2.70. The number of hydrogen-bond donors (Lipinski definition) is 1. The molecule has 3 rings (SSSR count). The van der Waals surface area contributed by atoms with Crippen LogP contribution in [0.3, 0.4) is 0 Å². The Morgan fingerprint density at radius 2 is 1.64 bits per heavy atom. The molecule has 0 saturated carbocycles. The summed E-state index contributed by atoms with van der Waals surface area (Å²) >= 11 is 0. The normalized spacial score (nSPS) is 9.39. The lowest BCUT2D eigenvalue weighted by molar-refractivity contribution is 0.0696. The first-order chi connectivity index (χ1) is 17.5. The Hall–Kier alpha value is -3.93. The highest BCUT2D eigenvalue weighted by Gasteiger charge is 2.08. The van der Waals surface area contributed by atoms with Gasteiger partial charge in [-0.3, -0.25) is 9.36 Å². The Balaban J connectivity index is 0. The molecule has 1 aromatic heterocycles. The fraction of sp³-hybridized carbons (Fsp3) is 0.300. The van der Waals surface area contributed by atoms with Gasteiger partial charge in [-0.25, -0.2) is 9.78 Å². The Bertz CT molecular complexity index is 1160. The SMILES string of the molecule is C=C/C=C(\C=C)n1cnc2cc(OCc3cccc(C(=O)O)c3)ccc2c1=O.CC.CC.CC.CC. The van der Waals surface area contributed by atoms with Crippen LogP contribution >= 0.6 is 0 Å². The smallest absolute Gasteiger partial charge is 0.335 e. The molecule has 0 atom stereocenters. The number of rotatable bonds is 7. The summed E-state index contributed by atoms with van der Waals surface area (Å²) < 4.78 is 7.13. The van der Waals surface area contributed by atoms with Crippen molar-refractivity contribution in [1.29, 1.82) is 0 Å². The minimum absolute atomic E-state index is 0.201. The molecule has 196 valence electrons. The summed E-state index contributed by atoms with van der Waals surface area (Å²) in [7, 11) is 0. The number of fused-ring (bicyclic) bond motifs is 1. The van der Waals surface area contributed by atoms with E-state index in [9.17, 15) is 9.59 Å². The van der Waals surface area contributed by atoms with Crippen LogP contribution < -0.4 is 10.3 Å². The van der Waals surface area contributed by atoms with Crippen LogP contribution in [0.4, 0.5) is 0 Å². The van der Waals surface area contributed by atoms with Crippen LogP contribution in [0.5, 0.6) is 5.75 Å². The maximum Gasteiger partial charge on any atom is 0.335 e. The fourth-order valence-electron chi connectivity index (χ4n) is 2.70. The summed E-state index contributed by atoms with van der Waals surface area (Å²) in [6.45, 7) is 23.5. The third-order valence-corrected chi connectivity index (χ3v) is 4.09. The summed E-state index contributed by atoms with van der Waals surface area (Å²) in [5.41, 5.74) is 1.78. The molecule has 0 bridgehead atoms. The maximum absolute atomic E-state index is 12.7. The lowest BCUT2D eigenvalue weighted by Gasteiger charge is -2.10. The van der Waals surface area contributed by atoms with Crippen molar-refractivity contribution in [3.05, 3.63) is 102 Å². The van der Waals surface area contributed by atoms with Crippen LogP contribution in [-0.4, -0.2) is 20.6 Å². The molecule has 6 heteroatoms. The predicted octanol–water partition coefficient (Wildman–Crippen LogP) is 7.99. The van der Waals surface area contributed by atoms with Gasteiger partial charge in [0.2, 0.25) is 0 Å². The molecule has 0 aliphatic rings. The van der Waals surface area contributed by atoms with Crippen molar-refractivity contribution in [1.82, 2.24) is 9.55 Å². The molecule has 1 N–H and O–H groups in total. The predicted molar refractivity (Wildman–Crippen MR) is 154 cm³/mol. The van der Waals surface area contributed by atoms with Gasteiger partial charge in [-0.05, 0) is 42.0 Å². The van der Waals surface area contributed by atoms with Gasteiger partial charge in [-0.1, -0.05) is 86.8 Å². The molecule has 6 nitrogen and oxygen atoms in total. The summed E-state index contributed by atoms with van der Waals surface area (Å²) in [4.78, 5) is 28.1. The second-order valence-electron chi connectivity index (χ2n) is 5.92. The topological polar surface area (TPSA) is 81.4 Å².